The first-order chi connectivity index (χ1) is 4.75. The van der Waals surface area contributed by atoms with E-state index in [1.807, 2.05) is 6.92 Å². The molecule has 1 rings (SSSR count). The normalized spacial score (nSPS) is 27.2. The average molecular weight is 143 g/mol. The number of nitrogens with zero attached hydrogens (tertiary/aromatic N) is 1. The Balaban J connectivity index is 2.53. The van der Waals surface area contributed by atoms with Crippen LogP contribution in [0.1, 0.15) is 26.2 Å². The fourth-order valence-electron chi connectivity index (χ4n) is 1.29. The monoisotopic (exact) mass is 143 g/mol. The van der Waals surface area contributed by atoms with Crippen LogP contribution in [0.25, 0.3) is 0 Å². The molecule has 1 aliphatic rings. The molecule has 1 aliphatic heterocycles. The van der Waals surface area contributed by atoms with Crippen LogP contribution in [-0.2, 0) is 4.79 Å². The van der Waals surface area contributed by atoms with Gasteiger partial charge in [-0.1, -0.05) is 0 Å². The summed E-state index contributed by atoms with van der Waals surface area (Å²) in [7, 11) is 0. The summed E-state index contributed by atoms with van der Waals surface area (Å²) in [5.74, 6) is 0.0845. The van der Waals surface area contributed by atoms with Crippen LogP contribution in [0, 0.1) is 0 Å². The van der Waals surface area contributed by atoms with E-state index in [2.05, 4.69) is 0 Å². The number of aliphatic hydroxyl groups excluding tert-OH is 1. The molecule has 1 amide bonds. The number of amides is 1. The summed E-state index contributed by atoms with van der Waals surface area (Å²) in [6.07, 6.45) is 1.65. The largest absolute Gasteiger partial charge is 0.374 e. The number of hydrogen-bond donors (Lipinski definition) is 1. The molecule has 1 fully saturated rings. The van der Waals surface area contributed by atoms with Crippen LogP contribution >= 0.6 is 0 Å². The van der Waals surface area contributed by atoms with E-state index in [1.54, 1.807) is 0 Å². The second kappa shape index (κ2) is 3.01. The zero-order valence-corrected chi connectivity index (χ0v) is 6.21. The van der Waals surface area contributed by atoms with Crippen LogP contribution in [-0.4, -0.2) is 28.7 Å². The highest BCUT2D eigenvalue weighted by Crippen LogP contribution is 2.14. The van der Waals surface area contributed by atoms with E-state index >= 15 is 0 Å². The molecule has 10 heavy (non-hydrogen) atoms. The number of hydrogen-bond acceptors (Lipinski definition) is 2. The fraction of sp³-hybridized carbons (Fsp3) is 0.857. The number of carbonyl (C=O) groups is 1. The average Bonchev–Trinajstić information content (AvgIpc) is 1.88. The van der Waals surface area contributed by atoms with Crippen molar-refractivity contribution >= 4 is 5.91 Å². The van der Waals surface area contributed by atoms with E-state index in [1.165, 1.54) is 4.90 Å². The van der Waals surface area contributed by atoms with Crippen molar-refractivity contribution in [3.63, 3.8) is 0 Å². The van der Waals surface area contributed by atoms with Crippen LogP contribution < -0.4 is 0 Å². The second-order valence-electron chi connectivity index (χ2n) is 2.55. The zero-order chi connectivity index (χ0) is 7.56. The SMILES string of the molecule is CCN1C(=O)CCCC1O. The zero-order valence-electron chi connectivity index (χ0n) is 6.21. The molecule has 0 radical (unpaired) electrons. The van der Waals surface area contributed by atoms with Crippen molar-refractivity contribution in [2.75, 3.05) is 6.54 Å². The van der Waals surface area contributed by atoms with E-state index in [9.17, 15) is 9.90 Å². The van der Waals surface area contributed by atoms with Gasteiger partial charge in [-0.05, 0) is 19.8 Å². The van der Waals surface area contributed by atoms with Gasteiger partial charge in [0.2, 0.25) is 5.91 Å². The predicted octanol–water partition coefficient (Wildman–Crippen LogP) is 0.337. The molecule has 0 aliphatic carbocycles. The Morgan fingerprint density at radius 3 is 2.90 bits per heavy atom. The number of likely N-dealkylation sites (tertiary alicyclic amines) is 1. The Kier molecular flexibility index (Phi) is 2.27. The molecular formula is C7H13NO2. The van der Waals surface area contributed by atoms with E-state index in [0.717, 1.165) is 12.8 Å². The van der Waals surface area contributed by atoms with Gasteiger partial charge in [0.15, 0.2) is 0 Å². The first-order valence-electron chi connectivity index (χ1n) is 3.73. The lowest BCUT2D eigenvalue weighted by molar-refractivity contribution is -0.145. The van der Waals surface area contributed by atoms with Crippen LogP contribution in [0.15, 0.2) is 0 Å². The minimum atomic E-state index is -0.522. The molecule has 1 heterocycles. The smallest absolute Gasteiger partial charge is 0.224 e. The third-order valence-electron chi connectivity index (χ3n) is 1.87. The summed E-state index contributed by atoms with van der Waals surface area (Å²) in [6.45, 7) is 2.51. The van der Waals surface area contributed by atoms with Crippen molar-refractivity contribution in [3.8, 4) is 0 Å². The molecule has 3 heteroatoms. The fourth-order valence-corrected chi connectivity index (χ4v) is 1.29. The predicted molar refractivity (Wildman–Crippen MR) is 37.2 cm³/mol. The molecule has 1 atom stereocenters. The molecule has 1 unspecified atom stereocenters. The minimum absolute atomic E-state index is 0.0845. The van der Waals surface area contributed by atoms with Crippen LogP contribution in [0.5, 0.6) is 0 Å². The molecule has 0 bridgehead atoms. The molecule has 0 aromatic heterocycles. The summed E-state index contributed by atoms with van der Waals surface area (Å²) in [4.78, 5) is 12.5. The van der Waals surface area contributed by atoms with Crippen molar-refractivity contribution in [1.29, 1.82) is 0 Å². The highest BCUT2D eigenvalue weighted by atomic mass is 16.3. The molecular weight excluding hydrogens is 130 g/mol. The lowest BCUT2D eigenvalue weighted by Gasteiger charge is -2.30. The molecule has 0 aromatic carbocycles. The Morgan fingerprint density at radius 2 is 2.50 bits per heavy atom. The highest BCUT2D eigenvalue weighted by molar-refractivity contribution is 5.76. The maximum atomic E-state index is 11.0. The van der Waals surface area contributed by atoms with Gasteiger partial charge < -0.3 is 10.0 Å². The summed E-state index contributed by atoms with van der Waals surface area (Å²) in [5.41, 5.74) is 0. The number of carbonyl (C=O) groups excluding carboxylic acids is 1. The molecule has 0 spiro atoms. The summed E-state index contributed by atoms with van der Waals surface area (Å²) < 4.78 is 0. The van der Waals surface area contributed by atoms with Crippen LogP contribution in [0.2, 0.25) is 0 Å². The molecule has 1 saturated heterocycles. The maximum Gasteiger partial charge on any atom is 0.224 e. The van der Waals surface area contributed by atoms with Gasteiger partial charge >= 0.3 is 0 Å². The van der Waals surface area contributed by atoms with Crippen LogP contribution in [0.4, 0.5) is 0 Å². The Bertz CT molecular complexity index is 136. The first kappa shape index (κ1) is 7.54. The van der Waals surface area contributed by atoms with Crippen molar-refractivity contribution in [2.45, 2.75) is 32.4 Å². The van der Waals surface area contributed by atoms with Gasteiger partial charge in [-0.3, -0.25) is 4.79 Å². The molecule has 58 valence electrons. The van der Waals surface area contributed by atoms with Crippen molar-refractivity contribution in [3.05, 3.63) is 0 Å². The molecule has 3 nitrogen and oxygen atoms in total. The third-order valence-corrected chi connectivity index (χ3v) is 1.87. The summed E-state index contributed by atoms with van der Waals surface area (Å²) in [6, 6.07) is 0. The van der Waals surface area contributed by atoms with E-state index in [-0.39, 0.29) is 5.91 Å². The lowest BCUT2D eigenvalue weighted by atomic mass is 10.1. The standard InChI is InChI=1S/C7H13NO2/c1-2-8-6(9)4-3-5-7(8)10/h6,9H,2-5H2,1H3. The summed E-state index contributed by atoms with van der Waals surface area (Å²) in [5, 5.41) is 9.24. The highest BCUT2D eigenvalue weighted by Gasteiger charge is 2.23. The third kappa shape index (κ3) is 1.29. The van der Waals surface area contributed by atoms with Crippen molar-refractivity contribution in [2.24, 2.45) is 0 Å². The first-order valence-corrected chi connectivity index (χ1v) is 3.73. The van der Waals surface area contributed by atoms with Crippen molar-refractivity contribution < 1.29 is 9.90 Å². The lowest BCUT2D eigenvalue weighted by Crippen LogP contribution is -2.43. The van der Waals surface area contributed by atoms with E-state index < -0.39 is 6.23 Å². The van der Waals surface area contributed by atoms with Gasteiger partial charge in [-0.2, -0.15) is 0 Å². The summed E-state index contributed by atoms with van der Waals surface area (Å²) >= 11 is 0. The van der Waals surface area contributed by atoms with Gasteiger partial charge in [0.1, 0.15) is 6.23 Å². The number of aliphatic hydroxyl groups is 1. The number of piperidine rings is 1. The minimum Gasteiger partial charge on any atom is -0.374 e. The topological polar surface area (TPSA) is 40.5 Å². The van der Waals surface area contributed by atoms with Gasteiger partial charge in [0.25, 0.3) is 0 Å². The van der Waals surface area contributed by atoms with E-state index in [4.69, 9.17) is 0 Å². The quantitative estimate of drug-likeness (QED) is 0.575. The van der Waals surface area contributed by atoms with Gasteiger partial charge in [-0.15, -0.1) is 0 Å². The number of rotatable bonds is 1. The van der Waals surface area contributed by atoms with Gasteiger partial charge in [0.05, 0.1) is 0 Å². The van der Waals surface area contributed by atoms with E-state index in [0.29, 0.717) is 13.0 Å². The Labute approximate surface area is 60.6 Å². The second-order valence-corrected chi connectivity index (χ2v) is 2.55. The van der Waals surface area contributed by atoms with Gasteiger partial charge in [0, 0.05) is 13.0 Å². The van der Waals surface area contributed by atoms with Gasteiger partial charge in [-0.25, -0.2) is 0 Å². The molecule has 0 saturated carbocycles. The maximum absolute atomic E-state index is 11.0. The van der Waals surface area contributed by atoms with Crippen molar-refractivity contribution in [1.82, 2.24) is 4.90 Å². The molecule has 0 aromatic rings. The molecule has 1 N–H and O–H groups in total. The Morgan fingerprint density at radius 1 is 1.80 bits per heavy atom. The Hall–Kier alpha value is -0.570. The van der Waals surface area contributed by atoms with Crippen LogP contribution in [0.3, 0.4) is 0 Å².